The number of terminal acetylenes is 1. The summed E-state index contributed by atoms with van der Waals surface area (Å²) in [7, 11) is 0. The molecule has 3 aromatic rings. The van der Waals surface area contributed by atoms with Crippen LogP contribution in [0.5, 0.6) is 0 Å². The molecule has 0 saturated heterocycles. The number of aromatic nitrogens is 3. The van der Waals surface area contributed by atoms with Crippen molar-refractivity contribution in [3.8, 4) is 23.6 Å². The Morgan fingerprint density at radius 2 is 2.00 bits per heavy atom. The van der Waals surface area contributed by atoms with Crippen LogP contribution in [0, 0.1) is 12.3 Å². The first kappa shape index (κ1) is 10.4. The maximum atomic E-state index is 5.40. The highest BCUT2D eigenvalue weighted by molar-refractivity contribution is 5.77. The van der Waals surface area contributed by atoms with E-state index >= 15 is 0 Å². The van der Waals surface area contributed by atoms with E-state index in [-0.39, 0.29) is 0 Å². The summed E-state index contributed by atoms with van der Waals surface area (Å²) in [4.78, 5) is 12.6. The molecular weight excluding hydrogens is 222 g/mol. The van der Waals surface area contributed by atoms with E-state index in [9.17, 15) is 0 Å². The molecule has 2 aromatic heterocycles. The van der Waals surface area contributed by atoms with Crippen LogP contribution in [0.25, 0.3) is 22.3 Å². The fourth-order valence-corrected chi connectivity index (χ4v) is 1.80. The SMILES string of the molecule is C#Cc1cccc(-c2ccc3ncncc3n2)c1. The summed E-state index contributed by atoms with van der Waals surface area (Å²) < 4.78 is 0. The second-order valence-corrected chi connectivity index (χ2v) is 3.85. The molecule has 0 aliphatic rings. The molecule has 0 unspecified atom stereocenters. The molecule has 0 radical (unpaired) electrons. The number of hydrogen-bond acceptors (Lipinski definition) is 3. The maximum absolute atomic E-state index is 5.40. The zero-order valence-electron chi connectivity index (χ0n) is 9.54. The van der Waals surface area contributed by atoms with Gasteiger partial charge < -0.3 is 0 Å². The molecule has 0 N–H and O–H groups in total. The third kappa shape index (κ3) is 1.80. The number of pyridine rings is 1. The van der Waals surface area contributed by atoms with Crippen molar-refractivity contribution in [2.24, 2.45) is 0 Å². The van der Waals surface area contributed by atoms with Crippen LogP contribution in [0.3, 0.4) is 0 Å². The van der Waals surface area contributed by atoms with Gasteiger partial charge in [0.15, 0.2) is 0 Å². The molecule has 0 aliphatic heterocycles. The molecule has 1 aromatic carbocycles. The Balaban J connectivity index is 2.16. The van der Waals surface area contributed by atoms with Gasteiger partial charge in [0.25, 0.3) is 0 Å². The van der Waals surface area contributed by atoms with Crippen LogP contribution in [-0.2, 0) is 0 Å². The lowest BCUT2D eigenvalue weighted by Crippen LogP contribution is -1.88. The third-order valence-electron chi connectivity index (χ3n) is 2.69. The average Bonchev–Trinajstić information content (AvgIpc) is 2.47. The first-order chi connectivity index (χ1) is 8.86. The number of fused-ring (bicyclic) bond motifs is 1. The molecule has 3 rings (SSSR count). The Morgan fingerprint density at radius 3 is 2.89 bits per heavy atom. The monoisotopic (exact) mass is 231 g/mol. The second-order valence-electron chi connectivity index (χ2n) is 3.85. The summed E-state index contributed by atoms with van der Waals surface area (Å²) in [5.74, 6) is 2.62. The van der Waals surface area contributed by atoms with E-state index in [1.807, 2.05) is 36.4 Å². The van der Waals surface area contributed by atoms with Gasteiger partial charge in [-0.15, -0.1) is 6.42 Å². The van der Waals surface area contributed by atoms with Crippen molar-refractivity contribution in [2.75, 3.05) is 0 Å². The van der Waals surface area contributed by atoms with Crippen LogP contribution in [0.4, 0.5) is 0 Å². The standard InChI is InChI=1S/C15H9N3/c1-2-11-4-3-5-12(8-11)13-6-7-14-15(18-13)9-16-10-17-14/h1,3-10H. The summed E-state index contributed by atoms with van der Waals surface area (Å²) >= 11 is 0. The van der Waals surface area contributed by atoms with Crippen LogP contribution >= 0.6 is 0 Å². The number of hydrogen-bond donors (Lipinski definition) is 0. The lowest BCUT2D eigenvalue weighted by molar-refractivity contribution is 1.20. The van der Waals surface area contributed by atoms with Gasteiger partial charge in [-0.1, -0.05) is 18.1 Å². The Labute approximate surface area is 105 Å². The van der Waals surface area contributed by atoms with Gasteiger partial charge in [-0.3, -0.25) is 0 Å². The minimum Gasteiger partial charge on any atom is -0.245 e. The highest BCUT2D eigenvalue weighted by Gasteiger charge is 2.02. The molecule has 3 nitrogen and oxygen atoms in total. The van der Waals surface area contributed by atoms with E-state index in [4.69, 9.17) is 6.42 Å². The van der Waals surface area contributed by atoms with Crippen molar-refractivity contribution in [1.82, 2.24) is 15.0 Å². The van der Waals surface area contributed by atoms with Gasteiger partial charge in [0.2, 0.25) is 0 Å². The van der Waals surface area contributed by atoms with Gasteiger partial charge in [0, 0.05) is 11.1 Å². The van der Waals surface area contributed by atoms with E-state index in [1.165, 1.54) is 6.33 Å². The Kier molecular flexibility index (Phi) is 2.47. The van der Waals surface area contributed by atoms with Gasteiger partial charge in [0.05, 0.1) is 17.4 Å². The van der Waals surface area contributed by atoms with Crippen molar-refractivity contribution < 1.29 is 0 Å². The van der Waals surface area contributed by atoms with Gasteiger partial charge in [-0.05, 0) is 24.3 Å². The van der Waals surface area contributed by atoms with E-state index in [0.29, 0.717) is 0 Å². The van der Waals surface area contributed by atoms with Crippen LogP contribution in [0.15, 0.2) is 48.9 Å². The predicted molar refractivity (Wildman–Crippen MR) is 70.7 cm³/mol. The third-order valence-corrected chi connectivity index (χ3v) is 2.69. The molecule has 0 spiro atoms. The Hall–Kier alpha value is -2.73. The minimum atomic E-state index is 0.779. The van der Waals surface area contributed by atoms with E-state index in [0.717, 1.165) is 27.9 Å². The summed E-state index contributed by atoms with van der Waals surface area (Å²) in [6.45, 7) is 0. The second kappa shape index (κ2) is 4.27. The lowest BCUT2D eigenvalue weighted by atomic mass is 10.1. The first-order valence-electron chi connectivity index (χ1n) is 5.50. The molecule has 18 heavy (non-hydrogen) atoms. The zero-order chi connectivity index (χ0) is 12.4. The Bertz CT molecular complexity index is 757. The topological polar surface area (TPSA) is 38.7 Å². The zero-order valence-corrected chi connectivity index (χ0v) is 9.54. The molecule has 84 valence electrons. The quantitative estimate of drug-likeness (QED) is 0.604. The molecule has 0 saturated carbocycles. The highest BCUT2D eigenvalue weighted by Crippen LogP contribution is 2.20. The predicted octanol–water partition coefficient (Wildman–Crippen LogP) is 2.67. The molecule has 3 heteroatoms. The molecule has 0 fully saturated rings. The highest BCUT2D eigenvalue weighted by atomic mass is 14.9. The van der Waals surface area contributed by atoms with Crippen molar-refractivity contribution in [1.29, 1.82) is 0 Å². The van der Waals surface area contributed by atoms with Crippen molar-refractivity contribution in [3.05, 3.63) is 54.5 Å². The summed E-state index contributed by atoms with van der Waals surface area (Å²) in [5.41, 5.74) is 4.33. The summed E-state index contributed by atoms with van der Waals surface area (Å²) in [5, 5.41) is 0. The largest absolute Gasteiger partial charge is 0.245 e. The van der Waals surface area contributed by atoms with Gasteiger partial charge >= 0.3 is 0 Å². The van der Waals surface area contributed by atoms with E-state index in [2.05, 4.69) is 20.9 Å². The van der Waals surface area contributed by atoms with Crippen molar-refractivity contribution >= 4 is 11.0 Å². The smallest absolute Gasteiger partial charge is 0.116 e. The fraction of sp³-hybridized carbons (Fsp3) is 0. The summed E-state index contributed by atoms with van der Waals surface area (Å²) in [6, 6.07) is 11.6. The molecule has 0 aliphatic carbocycles. The molecular formula is C15H9N3. The van der Waals surface area contributed by atoms with Gasteiger partial charge in [-0.2, -0.15) is 0 Å². The normalized spacial score (nSPS) is 10.2. The fourth-order valence-electron chi connectivity index (χ4n) is 1.80. The van der Waals surface area contributed by atoms with Gasteiger partial charge in [0.1, 0.15) is 11.8 Å². The number of rotatable bonds is 1. The Morgan fingerprint density at radius 1 is 1.06 bits per heavy atom. The minimum absolute atomic E-state index is 0.779. The van der Waals surface area contributed by atoms with Crippen LogP contribution in [-0.4, -0.2) is 15.0 Å². The average molecular weight is 231 g/mol. The maximum Gasteiger partial charge on any atom is 0.116 e. The number of benzene rings is 1. The number of nitrogens with zero attached hydrogens (tertiary/aromatic N) is 3. The van der Waals surface area contributed by atoms with Gasteiger partial charge in [-0.25, -0.2) is 15.0 Å². The van der Waals surface area contributed by atoms with Crippen LogP contribution in [0.2, 0.25) is 0 Å². The van der Waals surface area contributed by atoms with E-state index < -0.39 is 0 Å². The first-order valence-corrected chi connectivity index (χ1v) is 5.50. The molecule has 0 bridgehead atoms. The lowest BCUT2D eigenvalue weighted by Gasteiger charge is -2.03. The van der Waals surface area contributed by atoms with Crippen LogP contribution in [0.1, 0.15) is 5.56 Å². The molecule has 2 heterocycles. The van der Waals surface area contributed by atoms with Crippen molar-refractivity contribution in [3.63, 3.8) is 0 Å². The molecule has 0 amide bonds. The van der Waals surface area contributed by atoms with E-state index in [1.54, 1.807) is 6.20 Å². The summed E-state index contributed by atoms with van der Waals surface area (Å²) in [6.07, 6.45) is 8.62. The molecule has 0 atom stereocenters. The van der Waals surface area contributed by atoms with Crippen LogP contribution < -0.4 is 0 Å². The van der Waals surface area contributed by atoms with Crippen molar-refractivity contribution in [2.45, 2.75) is 0 Å².